The minimum atomic E-state index is -3.21. The summed E-state index contributed by atoms with van der Waals surface area (Å²) < 4.78 is 22.7. The Hall–Kier alpha value is -2.25. The molecule has 7 heteroatoms. The number of benzene rings is 1. The van der Waals surface area contributed by atoms with Gasteiger partial charge in [-0.05, 0) is 29.8 Å². The van der Waals surface area contributed by atoms with Crippen LogP contribution in [-0.2, 0) is 22.9 Å². The maximum Gasteiger partial charge on any atom is 0.251 e. The van der Waals surface area contributed by atoms with Crippen LogP contribution in [0.1, 0.15) is 21.6 Å². The van der Waals surface area contributed by atoms with Crippen LogP contribution in [0.2, 0.25) is 0 Å². The number of nitrogens with two attached hydrogens (primary N) is 1. The van der Waals surface area contributed by atoms with E-state index in [0.29, 0.717) is 17.8 Å². The van der Waals surface area contributed by atoms with Gasteiger partial charge in [-0.25, -0.2) is 8.42 Å². The lowest BCUT2D eigenvalue weighted by Crippen LogP contribution is -2.23. The molecule has 0 aliphatic heterocycles. The number of carbonyl (C=O) groups is 1. The Kier molecular flexibility index (Phi) is 4.89. The molecule has 0 spiro atoms. The third kappa shape index (κ3) is 4.12. The average molecular weight is 319 g/mol. The van der Waals surface area contributed by atoms with E-state index in [-0.39, 0.29) is 17.3 Å². The Balaban J connectivity index is 2.02. The molecule has 0 bridgehead atoms. The lowest BCUT2D eigenvalue weighted by atomic mass is 10.2. The number of pyridine rings is 1. The van der Waals surface area contributed by atoms with Crippen LogP contribution in [0.5, 0.6) is 0 Å². The number of rotatable bonds is 5. The SMILES string of the molecule is CS(=O)(=O)c1ccc(CNC(=O)c2ccnc(CN)c2)cc1. The molecule has 1 aromatic heterocycles. The van der Waals surface area contributed by atoms with E-state index in [2.05, 4.69) is 10.3 Å². The normalized spacial score (nSPS) is 11.2. The van der Waals surface area contributed by atoms with Crippen molar-refractivity contribution in [3.63, 3.8) is 0 Å². The van der Waals surface area contributed by atoms with Gasteiger partial charge < -0.3 is 11.1 Å². The Morgan fingerprint density at radius 3 is 2.50 bits per heavy atom. The molecular formula is C15H17N3O3S. The van der Waals surface area contributed by atoms with Gasteiger partial charge in [-0.3, -0.25) is 9.78 Å². The molecule has 2 aromatic rings. The van der Waals surface area contributed by atoms with E-state index in [1.54, 1.807) is 24.3 Å². The molecule has 0 unspecified atom stereocenters. The second kappa shape index (κ2) is 6.67. The molecule has 0 atom stereocenters. The Morgan fingerprint density at radius 1 is 1.23 bits per heavy atom. The number of hydrogen-bond donors (Lipinski definition) is 2. The smallest absolute Gasteiger partial charge is 0.251 e. The first-order chi connectivity index (χ1) is 10.4. The fourth-order valence-electron chi connectivity index (χ4n) is 1.87. The first kappa shape index (κ1) is 16.1. The third-order valence-electron chi connectivity index (χ3n) is 3.09. The van der Waals surface area contributed by atoms with Gasteiger partial charge in [0.1, 0.15) is 0 Å². The highest BCUT2D eigenvalue weighted by Gasteiger charge is 2.08. The maximum atomic E-state index is 12.0. The van der Waals surface area contributed by atoms with Crippen molar-refractivity contribution < 1.29 is 13.2 Å². The minimum absolute atomic E-state index is 0.232. The summed E-state index contributed by atoms with van der Waals surface area (Å²) in [6.45, 7) is 0.581. The van der Waals surface area contributed by atoms with Gasteiger partial charge in [0.25, 0.3) is 5.91 Å². The summed E-state index contributed by atoms with van der Waals surface area (Å²) in [6.07, 6.45) is 2.69. The van der Waals surface area contributed by atoms with Crippen molar-refractivity contribution in [2.75, 3.05) is 6.26 Å². The zero-order valence-corrected chi connectivity index (χ0v) is 12.9. The van der Waals surface area contributed by atoms with E-state index >= 15 is 0 Å². The molecule has 22 heavy (non-hydrogen) atoms. The van der Waals surface area contributed by atoms with Crippen molar-refractivity contribution in [1.29, 1.82) is 0 Å². The first-order valence-corrected chi connectivity index (χ1v) is 8.51. The van der Waals surface area contributed by atoms with Gasteiger partial charge in [0.05, 0.1) is 10.6 Å². The molecule has 0 aliphatic carbocycles. The number of nitrogens with zero attached hydrogens (tertiary/aromatic N) is 1. The van der Waals surface area contributed by atoms with Crippen LogP contribution in [0.15, 0.2) is 47.5 Å². The molecule has 1 amide bonds. The molecule has 0 saturated heterocycles. The second-order valence-electron chi connectivity index (χ2n) is 4.84. The topological polar surface area (TPSA) is 102 Å². The van der Waals surface area contributed by atoms with Crippen LogP contribution in [0.25, 0.3) is 0 Å². The molecule has 0 aliphatic rings. The molecule has 6 nitrogen and oxygen atoms in total. The fraction of sp³-hybridized carbons (Fsp3) is 0.200. The molecular weight excluding hydrogens is 302 g/mol. The zero-order chi connectivity index (χ0) is 16.2. The number of aromatic nitrogens is 1. The molecule has 0 radical (unpaired) electrons. The van der Waals surface area contributed by atoms with Crippen LogP contribution in [0.4, 0.5) is 0 Å². The van der Waals surface area contributed by atoms with Crippen LogP contribution >= 0.6 is 0 Å². The van der Waals surface area contributed by atoms with Crippen molar-refractivity contribution >= 4 is 15.7 Å². The number of sulfone groups is 1. The summed E-state index contributed by atoms with van der Waals surface area (Å²) in [5.74, 6) is -0.232. The molecule has 0 saturated carbocycles. The van der Waals surface area contributed by atoms with E-state index in [1.807, 2.05) is 0 Å². The van der Waals surface area contributed by atoms with Crippen LogP contribution in [0, 0.1) is 0 Å². The highest BCUT2D eigenvalue weighted by molar-refractivity contribution is 7.90. The quantitative estimate of drug-likeness (QED) is 0.851. The highest BCUT2D eigenvalue weighted by atomic mass is 32.2. The van der Waals surface area contributed by atoms with Gasteiger partial charge in [0.2, 0.25) is 0 Å². The van der Waals surface area contributed by atoms with Crippen LogP contribution in [0.3, 0.4) is 0 Å². The lowest BCUT2D eigenvalue weighted by molar-refractivity contribution is 0.0950. The largest absolute Gasteiger partial charge is 0.348 e. The van der Waals surface area contributed by atoms with Gasteiger partial charge in [0, 0.05) is 31.1 Å². The molecule has 0 fully saturated rings. The van der Waals surface area contributed by atoms with Crippen molar-refractivity contribution in [3.8, 4) is 0 Å². The summed E-state index contributed by atoms with van der Waals surface area (Å²) in [6, 6.07) is 9.65. The van der Waals surface area contributed by atoms with Gasteiger partial charge in [-0.15, -0.1) is 0 Å². The summed E-state index contributed by atoms with van der Waals surface area (Å²) in [7, 11) is -3.21. The van der Waals surface area contributed by atoms with Crippen molar-refractivity contribution in [1.82, 2.24) is 10.3 Å². The predicted octanol–water partition coefficient (Wildman–Crippen LogP) is 0.874. The number of nitrogens with one attached hydrogen (secondary N) is 1. The van der Waals surface area contributed by atoms with E-state index < -0.39 is 9.84 Å². The zero-order valence-electron chi connectivity index (χ0n) is 12.1. The number of hydrogen-bond acceptors (Lipinski definition) is 5. The van der Waals surface area contributed by atoms with E-state index in [0.717, 1.165) is 11.8 Å². The third-order valence-corrected chi connectivity index (χ3v) is 4.22. The maximum absolute atomic E-state index is 12.0. The van der Waals surface area contributed by atoms with Crippen molar-refractivity contribution in [3.05, 3.63) is 59.4 Å². The van der Waals surface area contributed by atoms with Crippen molar-refractivity contribution in [2.45, 2.75) is 18.0 Å². The molecule has 3 N–H and O–H groups in total. The summed E-state index contributed by atoms with van der Waals surface area (Å²) in [4.78, 5) is 16.3. The fourth-order valence-corrected chi connectivity index (χ4v) is 2.50. The van der Waals surface area contributed by atoms with E-state index in [1.165, 1.54) is 18.3 Å². The van der Waals surface area contributed by atoms with Gasteiger partial charge in [0.15, 0.2) is 9.84 Å². The lowest BCUT2D eigenvalue weighted by Gasteiger charge is -2.07. The summed E-state index contributed by atoms with van der Waals surface area (Å²) >= 11 is 0. The van der Waals surface area contributed by atoms with E-state index in [4.69, 9.17) is 5.73 Å². The molecule has 116 valence electrons. The summed E-state index contributed by atoms with van der Waals surface area (Å²) in [5, 5.41) is 2.77. The number of carbonyl (C=O) groups excluding carboxylic acids is 1. The molecule has 1 aromatic carbocycles. The predicted molar refractivity (Wildman–Crippen MR) is 82.9 cm³/mol. The Morgan fingerprint density at radius 2 is 1.91 bits per heavy atom. The van der Waals surface area contributed by atoms with Crippen molar-refractivity contribution in [2.24, 2.45) is 5.73 Å². The number of amides is 1. The highest BCUT2D eigenvalue weighted by Crippen LogP contribution is 2.10. The minimum Gasteiger partial charge on any atom is -0.348 e. The van der Waals surface area contributed by atoms with Gasteiger partial charge >= 0.3 is 0 Å². The second-order valence-corrected chi connectivity index (χ2v) is 6.85. The standard InChI is InChI=1S/C15H17N3O3S/c1-22(20,21)14-4-2-11(3-5-14)10-18-15(19)12-6-7-17-13(8-12)9-16/h2-8H,9-10,16H2,1H3,(H,18,19). The van der Waals surface area contributed by atoms with E-state index in [9.17, 15) is 13.2 Å². The molecule has 1 heterocycles. The average Bonchev–Trinajstić information content (AvgIpc) is 2.52. The summed E-state index contributed by atoms with van der Waals surface area (Å²) in [5.41, 5.74) is 7.44. The van der Waals surface area contributed by atoms with Gasteiger partial charge in [-0.1, -0.05) is 12.1 Å². The monoisotopic (exact) mass is 319 g/mol. The first-order valence-electron chi connectivity index (χ1n) is 6.62. The van der Waals surface area contributed by atoms with Crippen LogP contribution < -0.4 is 11.1 Å². The molecule has 2 rings (SSSR count). The Labute approximate surface area is 129 Å². The van der Waals surface area contributed by atoms with Crippen LogP contribution in [-0.4, -0.2) is 25.6 Å². The van der Waals surface area contributed by atoms with Gasteiger partial charge in [-0.2, -0.15) is 0 Å². The Bertz CT molecular complexity index is 771.